The second-order valence-electron chi connectivity index (χ2n) is 4.21. The van der Waals surface area contributed by atoms with Crippen LogP contribution in [0.5, 0.6) is 5.88 Å². The molecule has 0 aliphatic heterocycles. The molecule has 0 saturated carbocycles. The van der Waals surface area contributed by atoms with Crippen molar-refractivity contribution in [2.75, 3.05) is 12.4 Å². The summed E-state index contributed by atoms with van der Waals surface area (Å²) in [5.41, 5.74) is 2.02. The number of carbonyl (C=O) groups excluding carboxylic acids is 1. The molecule has 1 N–H and O–H groups in total. The van der Waals surface area contributed by atoms with Crippen molar-refractivity contribution >= 4 is 23.5 Å². The van der Waals surface area contributed by atoms with Gasteiger partial charge in [-0.2, -0.15) is 4.98 Å². The first-order valence-corrected chi connectivity index (χ1v) is 6.39. The Labute approximate surface area is 122 Å². The van der Waals surface area contributed by atoms with Crippen molar-refractivity contribution in [1.82, 2.24) is 9.97 Å². The molecule has 0 aliphatic rings. The van der Waals surface area contributed by atoms with Gasteiger partial charge in [-0.1, -0.05) is 35.9 Å². The quantitative estimate of drug-likeness (QED) is 0.880. The predicted octanol–water partition coefficient (Wildman–Crippen LogP) is 2.63. The average Bonchev–Trinajstić information content (AvgIpc) is 2.40. The van der Waals surface area contributed by atoms with E-state index in [1.807, 2.05) is 31.2 Å². The van der Waals surface area contributed by atoms with Crippen molar-refractivity contribution in [3.8, 4) is 5.88 Å². The highest BCUT2D eigenvalue weighted by Gasteiger charge is 2.09. The number of rotatable bonds is 4. The Morgan fingerprint density at radius 2 is 2.10 bits per heavy atom. The highest BCUT2D eigenvalue weighted by Crippen LogP contribution is 2.16. The lowest BCUT2D eigenvalue weighted by atomic mass is 10.1. The number of methoxy groups -OCH3 is 1. The molecule has 0 bridgehead atoms. The summed E-state index contributed by atoms with van der Waals surface area (Å²) < 4.78 is 4.97. The minimum absolute atomic E-state index is 0.132. The van der Waals surface area contributed by atoms with Gasteiger partial charge < -0.3 is 4.74 Å². The topological polar surface area (TPSA) is 64.1 Å². The van der Waals surface area contributed by atoms with E-state index in [9.17, 15) is 4.79 Å². The predicted molar refractivity (Wildman–Crippen MR) is 77.1 cm³/mol. The summed E-state index contributed by atoms with van der Waals surface area (Å²) in [5, 5.41) is 2.82. The maximum absolute atomic E-state index is 12.0. The van der Waals surface area contributed by atoms with E-state index in [2.05, 4.69) is 15.3 Å². The Morgan fingerprint density at radius 1 is 1.35 bits per heavy atom. The van der Waals surface area contributed by atoms with Gasteiger partial charge in [-0.05, 0) is 18.1 Å². The van der Waals surface area contributed by atoms with E-state index >= 15 is 0 Å². The second kappa shape index (κ2) is 6.34. The van der Waals surface area contributed by atoms with Gasteiger partial charge in [0.2, 0.25) is 17.7 Å². The fraction of sp³-hybridized carbons (Fsp3) is 0.214. The van der Waals surface area contributed by atoms with Gasteiger partial charge in [0.1, 0.15) is 5.15 Å². The average molecular weight is 292 g/mol. The van der Waals surface area contributed by atoms with Crippen LogP contribution in [0.1, 0.15) is 11.1 Å². The molecule has 0 atom stereocenters. The van der Waals surface area contributed by atoms with Gasteiger partial charge >= 0.3 is 0 Å². The molecule has 0 spiro atoms. The monoisotopic (exact) mass is 291 g/mol. The number of aromatic nitrogens is 2. The number of aryl methyl sites for hydroxylation is 1. The number of hydrogen-bond acceptors (Lipinski definition) is 4. The van der Waals surface area contributed by atoms with E-state index in [0.29, 0.717) is 5.88 Å². The summed E-state index contributed by atoms with van der Waals surface area (Å²) in [6.07, 6.45) is 0.255. The number of nitrogens with one attached hydrogen (secondary N) is 1. The lowest BCUT2D eigenvalue weighted by Gasteiger charge is -2.07. The number of benzene rings is 1. The van der Waals surface area contributed by atoms with Gasteiger partial charge in [-0.25, -0.2) is 4.98 Å². The molecular formula is C14H14ClN3O2. The van der Waals surface area contributed by atoms with Gasteiger partial charge in [-0.15, -0.1) is 0 Å². The molecule has 6 heteroatoms. The molecule has 1 aromatic heterocycles. The maximum Gasteiger partial charge on any atom is 0.234 e. The highest BCUT2D eigenvalue weighted by molar-refractivity contribution is 6.29. The van der Waals surface area contributed by atoms with Crippen LogP contribution in [0.3, 0.4) is 0 Å². The summed E-state index contributed by atoms with van der Waals surface area (Å²) in [7, 11) is 1.47. The molecule has 0 fully saturated rings. The van der Waals surface area contributed by atoms with E-state index in [1.165, 1.54) is 13.2 Å². The summed E-state index contributed by atoms with van der Waals surface area (Å²) in [6.45, 7) is 1.96. The van der Waals surface area contributed by atoms with Crippen LogP contribution in [0.15, 0.2) is 30.3 Å². The van der Waals surface area contributed by atoms with Crippen LogP contribution in [0, 0.1) is 6.92 Å². The molecule has 1 heterocycles. The van der Waals surface area contributed by atoms with Crippen molar-refractivity contribution in [2.24, 2.45) is 0 Å². The smallest absolute Gasteiger partial charge is 0.234 e. The van der Waals surface area contributed by atoms with E-state index in [0.717, 1.165) is 11.1 Å². The number of anilines is 1. The fourth-order valence-corrected chi connectivity index (χ4v) is 1.88. The summed E-state index contributed by atoms with van der Waals surface area (Å²) >= 11 is 5.82. The van der Waals surface area contributed by atoms with Crippen LogP contribution in [0.4, 0.5) is 5.95 Å². The summed E-state index contributed by atoms with van der Waals surface area (Å²) in [4.78, 5) is 19.9. The van der Waals surface area contributed by atoms with Crippen molar-refractivity contribution in [2.45, 2.75) is 13.3 Å². The summed E-state index contributed by atoms with van der Waals surface area (Å²) in [5.74, 6) is 0.229. The largest absolute Gasteiger partial charge is 0.481 e. The molecule has 2 rings (SSSR count). The standard InChI is InChI=1S/C14H14ClN3O2/c1-9-5-3-4-6-10(9)7-12(19)17-14-16-11(15)8-13(18-14)20-2/h3-6,8H,7H2,1-2H3,(H,16,17,18,19). The number of halogens is 1. The van der Waals surface area contributed by atoms with Crippen molar-refractivity contribution in [1.29, 1.82) is 0 Å². The third kappa shape index (κ3) is 3.68. The van der Waals surface area contributed by atoms with Gasteiger partial charge in [0, 0.05) is 6.07 Å². The lowest BCUT2D eigenvalue weighted by Crippen LogP contribution is -2.17. The Balaban J connectivity index is 2.08. The van der Waals surface area contributed by atoms with Crippen LogP contribution in [0.25, 0.3) is 0 Å². The first-order valence-electron chi connectivity index (χ1n) is 6.01. The number of nitrogens with zero attached hydrogens (tertiary/aromatic N) is 2. The molecule has 0 radical (unpaired) electrons. The third-order valence-electron chi connectivity index (χ3n) is 2.74. The van der Waals surface area contributed by atoms with Crippen LogP contribution in [-0.4, -0.2) is 23.0 Å². The minimum atomic E-state index is -0.205. The van der Waals surface area contributed by atoms with Gasteiger partial charge in [-0.3, -0.25) is 10.1 Å². The molecule has 5 nitrogen and oxygen atoms in total. The van der Waals surface area contributed by atoms with E-state index in [4.69, 9.17) is 16.3 Å². The molecule has 104 valence electrons. The van der Waals surface area contributed by atoms with Crippen LogP contribution >= 0.6 is 11.6 Å². The second-order valence-corrected chi connectivity index (χ2v) is 4.60. The Morgan fingerprint density at radius 3 is 2.80 bits per heavy atom. The number of amides is 1. The zero-order chi connectivity index (χ0) is 14.5. The van der Waals surface area contributed by atoms with Crippen molar-refractivity contribution in [3.05, 3.63) is 46.6 Å². The molecule has 2 aromatic rings. The molecular weight excluding hydrogens is 278 g/mol. The van der Waals surface area contributed by atoms with E-state index in [-0.39, 0.29) is 23.4 Å². The molecule has 0 unspecified atom stereocenters. The van der Waals surface area contributed by atoms with Gasteiger partial charge in [0.25, 0.3) is 0 Å². The first-order chi connectivity index (χ1) is 9.58. The normalized spacial score (nSPS) is 10.2. The Hall–Kier alpha value is -2.14. The molecule has 0 saturated heterocycles. The minimum Gasteiger partial charge on any atom is -0.481 e. The van der Waals surface area contributed by atoms with Crippen LogP contribution in [0.2, 0.25) is 5.15 Å². The Bertz CT molecular complexity index is 632. The van der Waals surface area contributed by atoms with Gasteiger partial charge in [0.05, 0.1) is 13.5 Å². The van der Waals surface area contributed by atoms with E-state index < -0.39 is 0 Å². The Kier molecular flexibility index (Phi) is 4.53. The molecule has 0 aliphatic carbocycles. The molecule has 1 amide bonds. The fourth-order valence-electron chi connectivity index (χ4n) is 1.71. The third-order valence-corrected chi connectivity index (χ3v) is 2.94. The zero-order valence-electron chi connectivity index (χ0n) is 11.2. The number of carbonyl (C=O) groups is 1. The summed E-state index contributed by atoms with van der Waals surface area (Å²) in [6, 6.07) is 9.17. The van der Waals surface area contributed by atoms with E-state index in [1.54, 1.807) is 0 Å². The maximum atomic E-state index is 12.0. The lowest BCUT2D eigenvalue weighted by molar-refractivity contribution is -0.115. The molecule has 20 heavy (non-hydrogen) atoms. The number of ether oxygens (including phenoxy) is 1. The van der Waals surface area contributed by atoms with Crippen LogP contribution in [-0.2, 0) is 11.2 Å². The SMILES string of the molecule is COc1cc(Cl)nc(NC(=O)Cc2ccccc2C)n1. The van der Waals surface area contributed by atoms with Crippen LogP contribution < -0.4 is 10.1 Å². The number of hydrogen-bond donors (Lipinski definition) is 1. The first kappa shape index (κ1) is 14.3. The zero-order valence-corrected chi connectivity index (χ0v) is 11.9. The molecule has 1 aromatic carbocycles. The highest BCUT2D eigenvalue weighted by atomic mass is 35.5. The van der Waals surface area contributed by atoms with Crippen molar-refractivity contribution in [3.63, 3.8) is 0 Å². The van der Waals surface area contributed by atoms with Crippen molar-refractivity contribution < 1.29 is 9.53 Å². The van der Waals surface area contributed by atoms with Gasteiger partial charge in [0.15, 0.2) is 0 Å².